The van der Waals surface area contributed by atoms with E-state index in [2.05, 4.69) is 24.0 Å². The number of H-pyrrole nitrogens is 1. The lowest BCUT2D eigenvalue weighted by atomic mass is 9.98. The van der Waals surface area contributed by atoms with E-state index in [-0.39, 0.29) is 5.92 Å². The highest BCUT2D eigenvalue weighted by Crippen LogP contribution is 2.19. The third kappa shape index (κ3) is 2.34. The molecule has 4 nitrogen and oxygen atoms in total. The van der Waals surface area contributed by atoms with E-state index < -0.39 is 5.97 Å². The first kappa shape index (κ1) is 10.8. The van der Waals surface area contributed by atoms with Crippen molar-refractivity contribution in [3.63, 3.8) is 0 Å². The van der Waals surface area contributed by atoms with E-state index in [1.807, 2.05) is 0 Å². The van der Waals surface area contributed by atoms with E-state index in [0.717, 1.165) is 11.3 Å². The van der Waals surface area contributed by atoms with Crippen molar-refractivity contribution in [2.24, 2.45) is 5.92 Å². The maximum Gasteiger partial charge on any atom is 0.306 e. The SMILES string of the molecule is CC(Cc1cn[nH]c1C(C)C)C(=O)O. The molecule has 2 N–H and O–H groups in total. The number of nitrogens with one attached hydrogen (secondary N) is 1. The van der Waals surface area contributed by atoms with Crippen molar-refractivity contribution in [3.8, 4) is 0 Å². The van der Waals surface area contributed by atoms with Gasteiger partial charge >= 0.3 is 5.97 Å². The highest BCUT2D eigenvalue weighted by molar-refractivity contribution is 5.69. The molecule has 14 heavy (non-hydrogen) atoms. The summed E-state index contributed by atoms with van der Waals surface area (Å²) >= 11 is 0. The zero-order valence-electron chi connectivity index (χ0n) is 8.74. The Balaban J connectivity index is 2.76. The van der Waals surface area contributed by atoms with Gasteiger partial charge in [-0.05, 0) is 17.9 Å². The summed E-state index contributed by atoms with van der Waals surface area (Å²) in [6.07, 6.45) is 2.26. The normalized spacial score (nSPS) is 13.1. The van der Waals surface area contributed by atoms with Crippen LogP contribution in [-0.4, -0.2) is 21.3 Å². The zero-order valence-corrected chi connectivity index (χ0v) is 8.74. The fourth-order valence-corrected chi connectivity index (χ4v) is 1.40. The maximum atomic E-state index is 10.7. The molecule has 1 aromatic rings. The van der Waals surface area contributed by atoms with E-state index in [0.29, 0.717) is 12.3 Å². The fraction of sp³-hybridized carbons (Fsp3) is 0.600. The largest absolute Gasteiger partial charge is 0.481 e. The number of hydrogen-bond acceptors (Lipinski definition) is 2. The van der Waals surface area contributed by atoms with Crippen LogP contribution in [0.15, 0.2) is 6.20 Å². The molecule has 0 saturated heterocycles. The monoisotopic (exact) mass is 196 g/mol. The number of carboxylic acid groups (broad SMARTS) is 1. The predicted octanol–water partition coefficient (Wildman–Crippen LogP) is 1.80. The lowest BCUT2D eigenvalue weighted by molar-refractivity contribution is -0.141. The molecule has 0 amide bonds. The van der Waals surface area contributed by atoms with Crippen molar-refractivity contribution < 1.29 is 9.90 Å². The molecule has 1 unspecified atom stereocenters. The molecule has 0 saturated carbocycles. The molecule has 78 valence electrons. The molecule has 4 heteroatoms. The molecule has 0 spiro atoms. The van der Waals surface area contributed by atoms with E-state index in [9.17, 15) is 4.79 Å². The molecular weight excluding hydrogens is 180 g/mol. The topological polar surface area (TPSA) is 66.0 Å². The summed E-state index contributed by atoms with van der Waals surface area (Å²) in [5.41, 5.74) is 2.05. The summed E-state index contributed by atoms with van der Waals surface area (Å²) in [5, 5.41) is 15.6. The van der Waals surface area contributed by atoms with Gasteiger partial charge in [0, 0.05) is 5.69 Å². The number of carboxylic acids is 1. The highest BCUT2D eigenvalue weighted by Gasteiger charge is 2.16. The van der Waals surface area contributed by atoms with Gasteiger partial charge in [-0.2, -0.15) is 5.10 Å². The van der Waals surface area contributed by atoms with Crippen LogP contribution in [0.3, 0.4) is 0 Å². The molecule has 0 aromatic carbocycles. The van der Waals surface area contributed by atoms with Gasteiger partial charge in [0.15, 0.2) is 0 Å². The van der Waals surface area contributed by atoms with Crippen molar-refractivity contribution in [1.29, 1.82) is 0 Å². The van der Waals surface area contributed by atoms with E-state index >= 15 is 0 Å². The molecule has 0 bridgehead atoms. The summed E-state index contributed by atoms with van der Waals surface area (Å²) in [6, 6.07) is 0. The quantitative estimate of drug-likeness (QED) is 0.771. The smallest absolute Gasteiger partial charge is 0.306 e. The Morgan fingerprint density at radius 3 is 2.71 bits per heavy atom. The van der Waals surface area contributed by atoms with Crippen LogP contribution >= 0.6 is 0 Å². The standard InChI is InChI=1S/C10H16N2O2/c1-6(2)9-8(5-11-12-9)4-7(3)10(13)14/h5-7H,4H2,1-3H3,(H,11,12)(H,13,14). The Hall–Kier alpha value is -1.32. The molecular formula is C10H16N2O2. The first-order valence-corrected chi connectivity index (χ1v) is 4.77. The number of nitrogens with zero attached hydrogens (tertiary/aromatic N) is 1. The van der Waals surface area contributed by atoms with Gasteiger partial charge in [-0.25, -0.2) is 0 Å². The second kappa shape index (κ2) is 4.26. The van der Waals surface area contributed by atoms with Crippen LogP contribution in [0, 0.1) is 5.92 Å². The minimum Gasteiger partial charge on any atom is -0.481 e. The van der Waals surface area contributed by atoms with Crippen LogP contribution in [-0.2, 0) is 11.2 Å². The van der Waals surface area contributed by atoms with E-state index in [1.165, 1.54) is 0 Å². The summed E-state index contributed by atoms with van der Waals surface area (Å²) < 4.78 is 0. The summed E-state index contributed by atoms with van der Waals surface area (Å²) in [6.45, 7) is 5.82. The van der Waals surface area contributed by atoms with Crippen LogP contribution in [0.25, 0.3) is 0 Å². The molecule has 1 aromatic heterocycles. The number of aromatic amines is 1. The van der Waals surface area contributed by atoms with Gasteiger partial charge in [0.2, 0.25) is 0 Å². The summed E-state index contributed by atoms with van der Waals surface area (Å²) in [4.78, 5) is 10.7. The van der Waals surface area contributed by atoms with Gasteiger partial charge < -0.3 is 5.11 Å². The first-order valence-electron chi connectivity index (χ1n) is 4.77. The van der Waals surface area contributed by atoms with Gasteiger partial charge in [-0.1, -0.05) is 20.8 Å². The van der Waals surface area contributed by atoms with Gasteiger partial charge in [-0.15, -0.1) is 0 Å². The molecule has 1 heterocycles. The Labute approximate surface area is 83.3 Å². The van der Waals surface area contributed by atoms with Crippen LogP contribution in [0.5, 0.6) is 0 Å². The Morgan fingerprint density at radius 1 is 1.57 bits per heavy atom. The van der Waals surface area contributed by atoms with Crippen molar-refractivity contribution in [2.45, 2.75) is 33.1 Å². The third-order valence-corrected chi connectivity index (χ3v) is 2.28. The second-order valence-corrected chi connectivity index (χ2v) is 3.91. The van der Waals surface area contributed by atoms with Crippen molar-refractivity contribution in [3.05, 3.63) is 17.5 Å². The second-order valence-electron chi connectivity index (χ2n) is 3.91. The minimum atomic E-state index is -0.763. The number of carbonyl (C=O) groups is 1. The number of rotatable bonds is 4. The number of hydrogen-bond donors (Lipinski definition) is 2. The average Bonchev–Trinajstić information content (AvgIpc) is 2.52. The van der Waals surface area contributed by atoms with Crippen molar-refractivity contribution in [2.75, 3.05) is 0 Å². The Kier molecular flexibility index (Phi) is 3.28. The molecule has 1 rings (SSSR count). The molecule has 0 radical (unpaired) electrons. The summed E-state index contributed by atoms with van der Waals surface area (Å²) in [5.74, 6) is -0.764. The van der Waals surface area contributed by atoms with Crippen LogP contribution in [0.2, 0.25) is 0 Å². The van der Waals surface area contributed by atoms with Crippen LogP contribution in [0.4, 0.5) is 0 Å². The van der Waals surface area contributed by atoms with E-state index in [1.54, 1.807) is 13.1 Å². The first-order chi connectivity index (χ1) is 6.52. The Morgan fingerprint density at radius 2 is 2.21 bits per heavy atom. The molecule has 0 fully saturated rings. The zero-order chi connectivity index (χ0) is 10.7. The lowest BCUT2D eigenvalue weighted by Crippen LogP contribution is -2.13. The average molecular weight is 196 g/mol. The molecule has 0 aliphatic heterocycles. The summed E-state index contributed by atoms with van der Waals surface area (Å²) in [7, 11) is 0. The van der Waals surface area contributed by atoms with Gasteiger partial charge in [-0.3, -0.25) is 9.89 Å². The lowest BCUT2D eigenvalue weighted by Gasteiger charge is -2.08. The number of aliphatic carboxylic acids is 1. The highest BCUT2D eigenvalue weighted by atomic mass is 16.4. The minimum absolute atomic E-state index is 0.355. The third-order valence-electron chi connectivity index (χ3n) is 2.28. The van der Waals surface area contributed by atoms with E-state index in [4.69, 9.17) is 5.11 Å². The van der Waals surface area contributed by atoms with Gasteiger partial charge in [0.05, 0.1) is 12.1 Å². The van der Waals surface area contributed by atoms with Crippen LogP contribution in [0.1, 0.15) is 37.9 Å². The fourth-order valence-electron chi connectivity index (χ4n) is 1.40. The van der Waals surface area contributed by atoms with Crippen molar-refractivity contribution >= 4 is 5.97 Å². The number of aromatic nitrogens is 2. The Bertz CT molecular complexity index is 318. The maximum absolute atomic E-state index is 10.7. The van der Waals surface area contributed by atoms with Gasteiger partial charge in [0.1, 0.15) is 0 Å². The molecule has 1 atom stereocenters. The van der Waals surface area contributed by atoms with Crippen molar-refractivity contribution in [1.82, 2.24) is 10.2 Å². The van der Waals surface area contributed by atoms with Gasteiger partial charge in [0.25, 0.3) is 0 Å². The molecule has 0 aliphatic rings. The van der Waals surface area contributed by atoms with Crippen LogP contribution < -0.4 is 0 Å². The predicted molar refractivity (Wildman–Crippen MR) is 53.2 cm³/mol. The molecule has 0 aliphatic carbocycles.